The molecule has 0 saturated carbocycles. The Morgan fingerprint density at radius 2 is 2.10 bits per heavy atom. The smallest absolute Gasteiger partial charge is 0.354 e. The van der Waals surface area contributed by atoms with Gasteiger partial charge in [-0.2, -0.15) is 0 Å². The van der Waals surface area contributed by atoms with E-state index in [0.717, 1.165) is 5.56 Å². The van der Waals surface area contributed by atoms with Crippen molar-refractivity contribution in [3.8, 4) is 0 Å². The summed E-state index contributed by atoms with van der Waals surface area (Å²) in [7, 11) is 0. The molecule has 0 aliphatic rings. The zero-order valence-corrected chi connectivity index (χ0v) is 10.6. The monoisotopic (exact) mass is 271 g/mol. The SMILES string of the molecule is O=C(NCCc1cccnc1)c1ccnc(C(=O)O)c1. The Balaban J connectivity index is 1.92. The molecule has 2 heterocycles. The molecule has 1 amide bonds. The number of pyridine rings is 2. The van der Waals surface area contributed by atoms with Gasteiger partial charge in [0.15, 0.2) is 0 Å². The van der Waals surface area contributed by atoms with Crippen LogP contribution in [-0.2, 0) is 6.42 Å². The van der Waals surface area contributed by atoms with E-state index in [4.69, 9.17) is 5.11 Å². The normalized spacial score (nSPS) is 10.0. The molecule has 2 N–H and O–H groups in total. The van der Waals surface area contributed by atoms with Crippen LogP contribution in [0.25, 0.3) is 0 Å². The lowest BCUT2D eigenvalue weighted by Gasteiger charge is -2.05. The van der Waals surface area contributed by atoms with E-state index in [1.54, 1.807) is 12.4 Å². The quantitative estimate of drug-likeness (QED) is 0.851. The van der Waals surface area contributed by atoms with Crippen molar-refractivity contribution in [1.29, 1.82) is 0 Å². The van der Waals surface area contributed by atoms with Crippen LogP contribution >= 0.6 is 0 Å². The van der Waals surface area contributed by atoms with Gasteiger partial charge in [-0.25, -0.2) is 9.78 Å². The molecule has 0 radical (unpaired) electrons. The number of nitrogens with one attached hydrogen (secondary N) is 1. The highest BCUT2D eigenvalue weighted by molar-refractivity contribution is 5.96. The van der Waals surface area contributed by atoms with Gasteiger partial charge in [0.2, 0.25) is 0 Å². The Labute approximate surface area is 115 Å². The second kappa shape index (κ2) is 6.42. The third kappa shape index (κ3) is 3.61. The van der Waals surface area contributed by atoms with Crippen molar-refractivity contribution in [3.05, 3.63) is 59.7 Å². The topological polar surface area (TPSA) is 92.2 Å². The zero-order valence-electron chi connectivity index (χ0n) is 10.6. The molecular formula is C14H13N3O3. The summed E-state index contributed by atoms with van der Waals surface area (Å²) >= 11 is 0. The molecule has 6 nitrogen and oxygen atoms in total. The second-order valence-corrected chi connectivity index (χ2v) is 4.10. The van der Waals surface area contributed by atoms with Crippen LogP contribution in [0.15, 0.2) is 42.9 Å². The van der Waals surface area contributed by atoms with E-state index < -0.39 is 5.97 Å². The molecule has 102 valence electrons. The molecule has 6 heteroatoms. The van der Waals surface area contributed by atoms with E-state index in [2.05, 4.69) is 15.3 Å². The van der Waals surface area contributed by atoms with E-state index >= 15 is 0 Å². The number of amides is 1. The Bertz CT molecular complexity index is 614. The predicted molar refractivity (Wildman–Crippen MR) is 71.5 cm³/mol. The molecule has 0 aliphatic heterocycles. The van der Waals surface area contributed by atoms with Crippen LogP contribution in [0.5, 0.6) is 0 Å². The number of carbonyl (C=O) groups is 2. The maximum atomic E-state index is 11.9. The fourth-order valence-electron chi connectivity index (χ4n) is 1.66. The Kier molecular flexibility index (Phi) is 4.39. The average molecular weight is 271 g/mol. The highest BCUT2D eigenvalue weighted by Crippen LogP contribution is 2.02. The van der Waals surface area contributed by atoms with Gasteiger partial charge in [-0.15, -0.1) is 0 Å². The molecule has 2 aromatic rings. The van der Waals surface area contributed by atoms with Gasteiger partial charge in [-0.1, -0.05) is 6.07 Å². The summed E-state index contributed by atoms with van der Waals surface area (Å²) in [5.41, 5.74) is 1.15. The van der Waals surface area contributed by atoms with Gasteiger partial charge < -0.3 is 10.4 Å². The number of rotatable bonds is 5. The number of hydrogen-bond acceptors (Lipinski definition) is 4. The number of aromatic carboxylic acids is 1. The molecule has 0 saturated heterocycles. The first-order valence-electron chi connectivity index (χ1n) is 6.03. The number of nitrogens with zero attached hydrogens (tertiary/aromatic N) is 2. The minimum absolute atomic E-state index is 0.148. The molecule has 0 bridgehead atoms. The summed E-state index contributed by atoms with van der Waals surface area (Å²) in [6.07, 6.45) is 5.39. The maximum Gasteiger partial charge on any atom is 0.354 e. The fraction of sp³-hybridized carbons (Fsp3) is 0.143. The third-order valence-corrected chi connectivity index (χ3v) is 2.66. The van der Waals surface area contributed by atoms with Crippen molar-refractivity contribution in [1.82, 2.24) is 15.3 Å². The maximum absolute atomic E-state index is 11.9. The lowest BCUT2D eigenvalue weighted by molar-refractivity contribution is 0.0690. The zero-order chi connectivity index (χ0) is 14.4. The van der Waals surface area contributed by atoms with Crippen LogP contribution in [0.2, 0.25) is 0 Å². The Morgan fingerprint density at radius 3 is 2.80 bits per heavy atom. The molecule has 0 unspecified atom stereocenters. The number of carboxylic acids is 1. The van der Waals surface area contributed by atoms with E-state index in [1.165, 1.54) is 18.3 Å². The van der Waals surface area contributed by atoms with Gasteiger partial charge in [0.25, 0.3) is 5.91 Å². The Morgan fingerprint density at radius 1 is 1.25 bits per heavy atom. The van der Waals surface area contributed by atoms with Crippen molar-refractivity contribution in [3.63, 3.8) is 0 Å². The van der Waals surface area contributed by atoms with Gasteiger partial charge in [-0.3, -0.25) is 9.78 Å². The standard InChI is InChI=1S/C14H13N3O3/c18-13(11-4-7-16-12(8-11)14(19)20)17-6-3-10-2-1-5-15-9-10/h1-2,4-5,7-9H,3,6H2,(H,17,18)(H,19,20). The molecule has 0 aliphatic carbocycles. The first kappa shape index (κ1) is 13.7. The number of carbonyl (C=O) groups excluding carboxylic acids is 1. The van der Waals surface area contributed by atoms with Crippen molar-refractivity contribution in [2.24, 2.45) is 0 Å². The van der Waals surface area contributed by atoms with Crippen molar-refractivity contribution in [2.45, 2.75) is 6.42 Å². The summed E-state index contributed by atoms with van der Waals surface area (Å²) in [6, 6.07) is 6.49. The molecule has 20 heavy (non-hydrogen) atoms. The van der Waals surface area contributed by atoms with Crippen molar-refractivity contribution < 1.29 is 14.7 Å². The van der Waals surface area contributed by atoms with Gasteiger partial charge in [0.1, 0.15) is 5.69 Å². The minimum atomic E-state index is -1.16. The van der Waals surface area contributed by atoms with Crippen LogP contribution in [0.3, 0.4) is 0 Å². The Hall–Kier alpha value is -2.76. The van der Waals surface area contributed by atoms with E-state index in [9.17, 15) is 9.59 Å². The summed E-state index contributed by atoms with van der Waals surface area (Å²) in [6.45, 7) is 0.454. The lowest BCUT2D eigenvalue weighted by Crippen LogP contribution is -2.26. The number of carboxylic acid groups (broad SMARTS) is 1. The second-order valence-electron chi connectivity index (χ2n) is 4.10. The average Bonchev–Trinajstić information content (AvgIpc) is 2.48. The summed E-state index contributed by atoms with van der Waals surface area (Å²) in [5, 5.41) is 11.5. The molecule has 0 aromatic carbocycles. The summed E-state index contributed by atoms with van der Waals surface area (Å²) in [5.74, 6) is -1.48. The molecule has 2 rings (SSSR count). The van der Waals surface area contributed by atoms with Crippen LogP contribution in [0.1, 0.15) is 26.4 Å². The number of aromatic nitrogens is 2. The van der Waals surface area contributed by atoms with Gasteiger partial charge in [0.05, 0.1) is 0 Å². The molecule has 0 spiro atoms. The van der Waals surface area contributed by atoms with Gasteiger partial charge in [-0.05, 0) is 30.2 Å². The lowest BCUT2D eigenvalue weighted by atomic mass is 10.2. The predicted octanol–water partition coefficient (Wildman–Crippen LogP) is 1.15. The number of hydrogen-bond donors (Lipinski definition) is 2. The molecule has 2 aromatic heterocycles. The van der Waals surface area contributed by atoms with Crippen LogP contribution < -0.4 is 5.32 Å². The third-order valence-electron chi connectivity index (χ3n) is 2.66. The molecular weight excluding hydrogens is 258 g/mol. The molecule has 0 atom stereocenters. The highest BCUT2D eigenvalue weighted by Gasteiger charge is 2.10. The van der Waals surface area contributed by atoms with Crippen LogP contribution in [0.4, 0.5) is 0 Å². The van der Waals surface area contributed by atoms with E-state index in [-0.39, 0.29) is 17.2 Å². The van der Waals surface area contributed by atoms with E-state index in [0.29, 0.717) is 13.0 Å². The largest absolute Gasteiger partial charge is 0.477 e. The van der Waals surface area contributed by atoms with E-state index in [1.807, 2.05) is 12.1 Å². The highest BCUT2D eigenvalue weighted by atomic mass is 16.4. The molecule has 0 fully saturated rings. The minimum Gasteiger partial charge on any atom is -0.477 e. The van der Waals surface area contributed by atoms with Gasteiger partial charge in [0, 0.05) is 30.7 Å². The fourth-order valence-corrected chi connectivity index (χ4v) is 1.66. The van der Waals surface area contributed by atoms with Crippen LogP contribution in [-0.4, -0.2) is 33.5 Å². The van der Waals surface area contributed by atoms with Gasteiger partial charge >= 0.3 is 5.97 Å². The van der Waals surface area contributed by atoms with Crippen LogP contribution in [0, 0.1) is 0 Å². The first-order chi connectivity index (χ1) is 9.66. The van der Waals surface area contributed by atoms with Crippen molar-refractivity contribution >= 4 is 11.9 Å². The van der Waals surface area contributed by atoms with Crippen molar-refractivity contribution in [2.75, 3.05) is 6.54 Å². The summed E-state index contributed by atoms with van der Waals surface area (Å²) < 4.78 is 0. The first-order valence-corrected chi connectivity index (χ1v) is 6.03. The summed E-state index contributed by atoms with van der Waals surface area (Å²) in [4.78, 5) is 30.3.